The number of amides is 9. The highest BCUT2D eigenvalue weighted by molar-refractivity contribution is 5.99. The van der Waals surface area contributed by atoms with Gasteiger partial charge in [0.25, 0.3) is 5.91 Å². The molecule has 20 nitrogen and oxygen atoms in total. The van der Waals surface area contributed by atoms with Gasteiger partial charge in [-0.1, -0.05) is 72.6 Å². The summed E-state index contributed by atoms with van der Waals surface area (Å²) in [6, 6.07) is -1.81. The van der Waals surface area contributed by atoms with E-state index in [1.807, 2.05) is 6.92 Å². The summed E-state index contributed by atoms with van der Waals surface area (Å²) in [4.78, 5) is 120. The van der Waals surface area contributed by atoms with Crippen LogP contribution in [0.3, 0.4) is 0 Å². The first kappa shape index (κ1) is 48.1. The second kappa shape index (κ2) is 22.0. The SMILES string of the molecule is CCC(C)[C@H](NC(C)=O)C(=O)N[C@H](C(=O)N[C@@H](Cc1c[nH]c2ccccc12)C(=O)N(O)[C@@H](CC(N)=O)C(=O)N[C@H](C(=O)N[C@@H](CC(N)=O)C(N)=O)C(C)C)C(C)CC. The van der Waals surface area contributed by atoms with Crippen molar-refractivity contribution in [1.82, 2.24) is 36.6 Å². The quantitative estimate of drug-likeness (QED) is 0.0468. The zero-order chi connectivity index (χ0) is 44.0. The molecule has 0 aliphatic rings. The van der Waals surface area contributed by atoms with Gasteiger partial charge in [-0.2, -0.15) is 0 Å². The third kappa shape index (κ3) is 13.6. The number of nitrogens with zero attached hydrogens (tertiary/aromatic N) is 1. The summed E-state index contributed by atoms with van der Waals surface area (Å²) in [5.41, 5.74) is 17.1. The normalized spacial score (nSPS) is 15.3. The molecular weight excluding hydrogens is 756 g/mol. The number of carbonyl (C=O) groups is 9. The minimum absolute atomic E-state index is 0.0545. The molecule has 1 aromatic heterocycles. The van der Waals surface area contributed by atoms with Crippen LogP contribution in [0.25, 0.3) is 10.9 Å². The van der Waals surface area contributed by atoms with Crippen molar-refractivity contribution in [2.24, 2.45) is 35.0 Å². The zero-order valence-corrected chi connectivity index (χ0v) is 33.9. The van der Waals surface area contributed by atoms with Gasteiger partial charge in [0.05, 0.1) is 12.8 Å². The van der Waals surface area contributed by atoms with Gasteiger partial charge in [0, 0.05) is 30.4 Å². The number of carbonyl (C=O) groups excluding carboxylic acids is 9. The fourth-order valence-corrected chi connectivity index (χ4v) is 6.11. The molecule has 20 heteroatoms. The minimum Gasteiger partial charge on any atom is -0.370 e. The molecule has 2 unspecified atom stereocenters. The van der Waals surface area contributed by atoms with Crippen LogP contribution in [0.4, 0.5) is 0 Å². The van der Waals surface area contributed by atoms with Crippen LogP contribution in [-0.4, -0.2) is 105 Å². The Morgan fingerprint density at radius 3 is 1.71 bits per heavy atom. The number of hydroxylamine groups is 2. The van der Waals surface area contributed by atoms with Crippen molar-refractivity contribution in [2.75, 3.05) is 0 Å². The fourth-order valence-electron chi connectivity index (χ4n) is 6.11. The number of hydrogen-bond donors (Lipinski definition) is 10. The molecule has 8 atom stereocenters. The third-order valence-electron chi connectivity index (χ3n) is 9.89. The Morgan fingerprint density at radius 1 is 0.690 bits per heavy atom. The molecule has 0 saturated heterocycles. The number of nitrogens with one attached hydrogen (secondary N) is 6. The molecule has 13 N–H and O–H groups in total. The first-order valence-electron chi connectivity index (χ1n) is 19.0. The van der Waals surface area contributed by atoms with Gasteiger partial charge < -0.3 is 48.8 Å². The molecule has 320 valence electrons. The van der Waals surface area contributed by atoms with E-state index in [1.54, 1.807) is 51.2 Å². The molecule has 2 aromatic rings. The van der Waals surface area contributed by atoms with E-state index in [0.29, 0.717) is 29.3 Å². The van der Waals surface area contributed by atoms with Gasteiger partial charge in [-0.3, -0.25) is 48.4 Å². The van der Waals surface area contributed by atoms with Crippen molar-refractivity contribution in [3.05, 3.63) is 36.0 Å². The van der Waals surface area contributed by atoms with E-state index in [0.717, 1.165) is 0 Å². The Balaban J connectivity index is 2.56. The Hall–Kier alpha value is -6.05. The summed E-state index contributed by atoms with van der Waals surface area (Å²) >= 11 is 0. The maximum Gasteiger partial charge on any atom is 0.269 e. The number of fused-ring (bicyclic) bond motifs is 1. The molecule has 2 rings (SSSR count). The average Bonchev–Trinajstić information content (AvgIpc) is 3.56. The van der Waals surface area contributed by atoms with Crippen molar-refractivity contribution in [3.8, 4) is 0 Å². The first-order chi connectivity index (χ1) is 27.1. The van der Waals surface area contributed by atoms with Crippen molar-refractivity contribution >= 4 is 64.1 Å². The van der Waals surface area contributed by atoms with E-state index < -0.39 is 114 Å². The van der Waals surface area contributed by atoms with Gasteiger partial charge >= 0.3 is 0 Å². The van der Waals surface area contributed by atoms with Gasteiger partial charge in [-0.15, -0.1) is 0 Å². The summed E-state index contributed by atoms with van der Waals surface area (Å²) in [5.74, 6) is -10.0. The van der Waals surface area contributed by atoms with Crippen LogP contribution >= 0.6 is 0 Å². The van der Waals surface area contributed by atoms with Crippen LogP contribution in [0.5, 0.6) is 0 Å². The van der Waals surface area contributed by atoms with E-state index >= 15 is 0 Å². The van der Waals surface area contributed by atoms with Gasteiger partial charge in [0.1, 0.15) is 36.3 Å². The van der Waals surface area contributed by atoms with Gasteiger partial charge in [0.2, 0.25) is 47.3 Å². The molecule has 0 spiro atoms. The van der Waals surface area contributed by atoms with Crippen molar-refractivity contribution in [1.29, 1.82) is 0 Å². The number of benzene rings is 1. The van der Waals surface area contributed by atoms with Crippen LogP contribution in [0, 0.1) is 17.8 Å². The fraction of sp³-hybridized carbons (Fsp3) is 0.553. The molecule has 0 aliphatic carbocycles. The smallest absolute Gasteiger partial charge is 0.269 e. The third-order valence-corrected chi connectivity index (χ3v) is 9.89. The number of para-hydroxylation sites is 1. The van der Waals surface area contributed by atoms with Crippen molar-refractivity contribution in [2.45, 2.75) is 117 Å². The molecule has 58 heavy (non-hydrogen) atoms. The molecule has 1 aromatic carbocycles. The number of primary amides is 3. The molecule has 0 saturated carbocycles. The number of nitrogens with two attached hydrogens (primary N) is 3. The Labute approximate surface area is 336 Å². The summed E-state index contributed by atoms with van der Waals surface area (Å²) in [6.45, 7) is 11.4. The van der Waals surface area contributed by atoms with Gasteiger partial charge in [-0.05, 0) is 29.4 Å². The number of rotatable bonds is 23. The second-order valence-electron chi connectivity index (χ2n) is 14.8. The average molecular weight is 815 g/mol. The highest BCUT2D eigenvalue weighted by atomic mass is 16.5. The van der Waals surface area contributed by atoms with Crippen LogP contribution < -0.4 is 43.8 Å². The Bertz CT molecular complexity index is 1830. The van der Waals surface area contributed by atoms with E-state index in [4.69, 9.17) is 17.2 Å². The molecule has 9 amide bonds. The standard InChI is InChI=1S/C38H58N10O10/c1-8-19(5)31(43-21(7)49)37(56)47-32(20(6)9-2)36(55)45-26(14-22-17-42-24-13-11-10-12-23(22)24)38(57)48(58)27(16-29(40)51)34(53)46-30(18(3)4)35(54)44-25(33(41)52)15-28(39)50/h10-13,17-20,25-27,30-32,42,58H,8-9,14-16H2,1-7H3,(H2,39,50)(H2,40,51)(H2,41,52)(H,43,49)(H,44,54)(H,45,55)(H,46,53)(H,47,56)/t19?,20?,25-,26-,27-,30-,31-,32-/m0/s1. The summed E-state index contributed by atoms with van der Waals surface area (Å²) in [6.07, 6.45) is 0.678. The highest BCUT2D eigenvalue weighted by Gasteiger charge is 2.40. The monoisotopic (exact) mass is 814 g/mol. The Kier molecular flexibility index (Phi) is 18.3. The van der Waals surface area contributed by atoms with Crippen LogP contribution in [0.2, 0.25) is 0 Å². The maximum atomic E-state index is 14.3. The van der Waals surface area contributed by atoms with Crippen molar-refractivity contribution < 1.29 is 48.4 Å². The zero-order valence-electron chi connectivity index (χ0n) is 33.9. The van der Waals surface area contributed by atoms with E-state index in [2.05, 4.69) is 31.6 Å². The van der Waals surface area contributed by atoms with E-state index in [9.17, 15) is 48.4 Å². The van der Waals surface area contributed by atoms with Crippen LogP contribution in [-0.2, 0) is 49.6 Å². The molecule has 0 fully saturated rings. The lowest BCUT2D eigenvalue weighted by atomic mass is 9.94. The number of aromatic nitrogens is 1. The molecule has 0 radical (unpaired) electrons. The summed E-state index contributed by atoms with van der Waals surface area (Å²) < 4.78 is 0. The molecule has 0 bridgehead atoms. The van der Waals surface area contributed by atoms with Crippen LogP contribution in [0.1, 0.15) is 79.7 Å². The lowest BCUT2D eigenvalue weighted by molar-refractivity contribution is -0.183. The molecule has 0 aliphatic heterocycles. The van der Waals surface area contributed by atoms with Crippen LogP contribution in [0.15, 0.2) is 30.5 Å². The highest BCUT2D eigenvalue weighted by Crippen LogP contribution is 2.21. The second-order valence-corrected chi connectivity index (χ2v) is 14.8. The molecule has 1 heterocycles. The Morgan fingerprint density at radius 2 is 1.19 bits per heavy atom. The predicted molar refractivity (Wildman–Crippen MR) is 210 cm³/mol. The largest absolute Gasteiger partial charge is 0.370 e. The lowest BCUT2D eigenvalue weighted by Crippen LogP contribution is -2.62. The van der Waals surface area contributed by atoms with Crippen molar-refractivity contribution in [3.63, 3.8) is 0 Å². The number of hydrogen-bond acceptors (Lipinski definition) is 10. The summed E-state index contributed by atoms with van der Waals surface area (Å²) in [5, 5.41) is 24.6. The van der Waals surface area contributed by atoms with Gasteiger partial charge in [-0.25, -0.2) is 5.06 Å². The summed E-state index contributed by atoms with van der Waals surface area (Å²) in [7, 11) is 0. The first-order valence-corrected chi connectivity index (χ1v) is 19.0. The number of H-pyrrole nitrogens is 1. The number of aromatic amines is 1. The topological polar surface area (TPSA) is 331 Å². The predicted octanol–water partition coefficient (Wildman–Crippen LogP) is -1.27. The molecular formula is C38H58N10O10. The minimum atomic E-state index is -2.04. The van der Waals surface area contributed by atoms with E-state index in [1.165, 1.54) is 20.8 Å². The van der Waals surface area contributed by atoms with Gasteiger partial charge in [0.15, 0.2) is 0 Å². The van der Waals surface area contributed by atoms with E-state index in [-0.39, 0.29) is 17.4 Å². The maximum absolute atomic E-state index is 14.3. The lowest BCUT2D eigenvalue weighted by Gasteiger charge is -2.32.